The number of amides is 2. The number of hydrogen-bond acceptors (Lipinski definition) is 6. The van der Waals surface area contributed by atoms with Crippen molar-refractivity contribution in [1.29, 1.82) is 0 Å². The summed E-state index contributed by atoms with van der Waals surface area (Å²) in [5, 5.41) is 0.758. The topological polar surface area (TPSA) is 82.1 Å². The third-order valence-corrected chi connectivity index (χ3v) is 6.25. The number of anilines is 1. The van der Waals surface area contributed by atoms with E-state index in [1.54, 1.807) is 57.2 Å². The van der Waals surface area contributed by atoms with E-state index in [2.05, 4.69) is 0 Å². The summed E-state index contributed by atoms with van der Waals surface area (Å²) in [6.45, 7) is 8.80. The molecule has 36 heavy (non-hydrogen) atoms. The molecule has 0 N–H and O–H groups in total. The van der Waals surface area contributed by atoms with Crippen LogP contribution < -0.4 is 9.64 Å². The van der Waals surface area contributed by atoms with Crippen molar-refractivity contribution in [2.24, 2.45) is 0 Å². The summed E-state index contributed by atoms with van der Waals surface area (Å²) in [6.07, 6.45) is 1.49. The summed E-state index contributed by atoms with van der Waals surface area (Å²) in [6, 6.07) is 9.70. The molecule has 2 aromatic rings. The third-order valence-electron chi connectivity index (χ3n) is 5.78. The average molecular weight is 534 g/mol. The Morgan fingerprint density at radius 3 is 2.19 bits per heavy atom. The summed E-state index contributed by atoms with van der Waals surface area (Å²) in [5.74, 6) is -0.758. The van der Waals surface area contributed by atoms with Gasteiger partial charge in [0.2, 0.25) is 5.60 Å². The van der Waals surface area contributed by atoms with Gasteiger partial charge in [-0.25, -0.2) is 14.5 Å². The van der Waals surface area contributed by atoms with Gasteiger partial charge in [-0.1, -0.05) is 43.1 Å². The highest BCUT2D eigenvalue weighted by Gasteiger charge is 2.41. The minimum absolute atomic E-state index is 0.219. The normalized spacial score (nSPS) is 14.6. The lowest BCUT2D eigenvalue weighted by molar-refractivity contribution is -0.159. The zero-order valence-electron chi connectivity index (χ0n) is 21.1. The Morgan fingerprint density at radius 2 is 1.61 bits per heavy atom. The van der Waals surface area contributed by atoms with Crippen molar-refractivity contribution in [3.05, 3.63) is 57.6 Å². The molecule has 0 saturated carbocycles. The van der Waals surface area contributed by atoms with Crippen LogP contribution in [0.5, 0.6) is 5.75 Å². The summed E-state index contributed by atoms with van der Waals surface area (Å²) in [4.78, 5) is 40.0. The van der Waals surface area contributed by atoms with Crippen LogP contribution in [0.25, 0.3) is 11.6 Å². The first kappa shape index (κ1) is 27.6. The molecule has 1 heterocycles. The van der Waals surface area contributed by atoms with Gasteiger partial charge in [-0.2, -0.15) is 0 Å². The smallest absolute Gasteiger partial charge is 0.422 e. The fourth-order valence-electron chi connectivity index (χ4n) is 3.89. The van der Waals surface area contributed by atoms with Crippen molar-refractivity contribution in [2.75, 3.05) is 12.0 Å². The first-order valence-corrected chi connectivity index (χ1v) is 12.3. The molecule has 0 saturated heterocycles. The number of nitrogens with zero attached hydrogens (tertiary/aromatic N) is 1. The van der Waals surface area contributed by atoms with Crippen molar-refractivity contribution in [1.82, 2.24) is 0 Å². The summed E-state index contributed by atoms with van der Waals surface area (Å²) >= 11 is 12.5. The van der Waals surface area contributed by atoms with Gasteiger partial charge in [-0.15, -0.1) is 0 Å². The predicted octanol–water partition coefficient (Wildman–Crippen LogP) is 6.93. The average Bonchev–Trinajstić information content (AvgIpc) is 3.07. The fraction of sp³-hybridized carbons (Fsp3) is 0.370. The van der Waals surface area contributed by atoms with Gasteiger partial charge in [0.1, 0.15) is 11.4 Å². The highest BCUT2D eigenvalue weighted by Crippen LogP contribution is 2.42. The van der Waals surface area contributed by atoms with Gasteiger partial charge in [-0.05, 0) is 70.0 Å². The standard InChI is InChI=1S/C27H29Cl2NO6/c1-7-27(8-2,24(32)34-6)35-22-12-10-17(28)13-16(22)14-20-19-11-9-18(29)15-21(19)30(23(20)31)25(33)36-26(3,4)5/h9-15H,7-8H2,1-6H3/b20-14+. The summed E-state index contributed by atoms with van der Waals surface area (Å²) < 4.78 is 16.7. The number of methoxy groups -OCH3 is 1. The number of hydrogen-bond donors (Lipinski definition) is 0. The van der Waals surface area contributed by atoms with Crippen LogP contribution in [0.2, 0.25) is 10.0 Å². The van der Waals surface area contributed by atoms with Gasteiger partial charge in [0.05, 0.1) is 18.4 Å². The second kappa shape index (κ2) is 10.5. The van der Waals surface area contributed by atoms with E-state index in [0.29, 0.717) is 45.5 Å². The molecule has 2 aromatic carbocycles. The number of halogens is 2. The SMILES string of the molecule is CCC(CC)(Oc1ccc(Cl)cc1/C=C1/C(=O)N(C(=O)OC(C)(C)C)c2cc(Cl)ccc21)C(=O)OC. The lowest BCUT2D eigenvalue weighted by atomic mass is 9.96. The highest BCUT2D eigenvalue weighted by atomic mass is 35.5. The van der Waals surface area contributed by atoms with Crippen LogP contribution in [-0.2, 0) is 19.1 Å². The monoisotopic (exact) mass is 533 g/mol. The van der Waals surface area contributed by atoms with Gasteiger partial charge >= 0.3 is 12.1 Å². The van der Waals surface area contributed by atoms with Crippen LogP contribution in [0.1, 0.15) is 58.6 Å². The molecule has 1 aliphatic rings. The molecule has 0 aromatic heterocycles. The Balaban J connectivity index is 2.14. The summed E-state index contributed by atoms with van der Waals surface area (Å²) in [7, 11) is 1.31. The largest absolute Gasteiger partial charge is 0.475 e. The van der Waals surface area contributed by atoms with E-state index in [0.717, 1.165) is 4.90 Å². The zero-order chi connectivity index (χ0) is 26.8. The molecule has 0 bridgehead atoms. The number of fused-ring (bicyclic) bond motifs is 1. The first-order valence-electron chi connectivity index (χ1n) is 11.5. The Morgan fingerprint density at radius 1 is 1.00 bits per heavy atom. The number of rotatable bonds is 6. The van der Waals surface area contributed by atoms with Crippen molar-refractivity contribution in [3.8, 4) is 5.75 Å². The zero-order valence-corrected chi connectivity index (χ0v) is 22.6. The van der Waals surface area contributed by atoms with E-state index in [1.165, 1.54) is 13.2 Å². The number of carbonyl (C=O) groups excluding carboxylic acids is 3. The van der Waals surface area contributed by atoms with E-state index in [-0.39, 0.29) is 5.57 Å². The number of benzene rings is 2. The lowest BCUT2D eigenvalue weighted by Gasteiger charge is -2.30. The third kappa shape index (κ3) is 5.52. The van der Waals surface area contributed by atoms with Crippen LogP contribution in [0.15, 0.2) is 36.4 Å². The van der Waals surface area contributed by atoms with Crippen LogP contribution in [-0.4, -0.2) is 36.3 Å². The molecule has 0 fully saturated rings. The van der Waals surface area contributed by atoms with Crippen LogP contribution in [0.3, 0.4) is 0 Å². The maximum Gasteiger partial charge on any atom is 0.422 e. The molecule has 0 aliphatic carbocycles. The maximum absolute atomic E-state index is 13.5. The van der Waals surface area contributed by atoms with Gasteiger partial charge in [-0.3, -0.25) is 4.79 Å². The molecule has 9 heteroatoms. The van der Waals surface area contributed by atoms with E-state index >= 15 is 0 Å². The van der Waals surface area contributed by atoms with Crippen molar-refractivity contribution >= 4 is 58.5 Å². The van der Waals surface area contributed by atoms with Crippen LogP contribution in [0, 0.1) is 0 Å². The molecule has 7 nitrogen and oxygen atoms in total. The Labute approximate surface area is 220 Å². The van der Waals surface area contributed by atoms with E-state index in [9.17, 15) is 14.4 Å². The number of imide groups is 1. The summed E-state index contributed by atoms with van der Waals surface area (Å²) in [5.41, 5.74) is -0.559. The maximum atomic E-state index is 13.5. The first-order chi connectivity index (χ1) is 16.9. The van der Waals surface area contributed by atoms with E-state index in [1.807, 2.05) is 13.8 Å². The molecule has 2 amide bonds. The number of esters is 1. The van der Waals surface area contributed by atoms with E-state index < -0.39 is 29.2 Å². The van der Waals surface area contributed by atoms with Crippen LogP contribution in [0.4, 0.5) is 10.5 Å². The fourth-order valence-corrected chi connectivity index (χ4v) is 4.24. The van der Waals surface area contributed by atoms with Gasteiger partial charge < -0.3 is 14.2 Å². The van der Waals surface area contributed by atoms with Gasteiger partial charge in [0, 0.05) is 21.2 Å². The molecule has 0 atom stereocenters. The molecule has 0 spiro atoms. The number of ether oxygens (including phenoxy) is 3. The van der Waals surface area contributed by atoms with Crippen molar-refractivity contribution in [3.63, 3.8) is 0 Å². The molecule has 0 unspecified atom stereocenters. The molecular formula is C27H29Cl2NO6. The minimum atomic E-state index is -1.22. The Hall–Kier alpha value is -3.03. The van der Waals surface area contributed by atoms with Crippen LogP contribution >= 0.6 is 23.2 Å². The van der Waals surface area contributed by atoms with E-state index in [4.69, 9.17) is 37.4 Å². The highest BCUT2D eigenvalue weighted by molar-refractivity contribution is 6.42. The second-order valence-electron chi connectivity index (χ2n) is 9.32. The molecule has 0 radical (unpaired) electrons. The molecule has 1 aliphatic heterocycles. The van der Waals surface area contributed by atoms with Gasteiger partial charge in [0.25, 0.3) is 5.91 Å². The van der Waals surface area contributed by atoms with Crippen molar-refractivity contribution in [2.45, 2.75) is 58.7 Å². The molecular weight excluding hydrogens is 505 g/mol. The Kier molecular flexibility index (Phi) is 8.06. The quantitative estimate of drug-likeness (QED) is 0.295. The lowest BCUT2D eigenvalue weighted by Crippen LogP contribution is -2.44. The predicted molar refractivity (Wildman–Crippen MR) is 140 cm³/mol. The second-order valence-corrected chi connectivity index (χ2v) is 10.2. The van der Waals surface area contributed by atoms with Gasteiger partial charge in [0.15, 0.2) is 0 Å². The molecule has 3 rings (SSSR count). The minimum Gasteiger partial charge on any atom is -0.475 e. The number of carbonyl (C=O) groups is 3. The molecule has 192 valence electrons. The van der Waals surface area contributed by atoms with Crippen molar-refractivity contribution < 1.29 is 28.6 Å². The Bertz CT molecular complexity index is 1230.